The van der Waals surface area contributed by atoms with E-state index in [0.717, 1.165) is 32.6 Å². The average molecular weight is 384 g/mol. The molecule has 26 heavy (non-hydrogen) atoms. The summed E-state index contributed by atoms with van der Waals surface area (Å²) in [5.41, 5.74) is 0.338. The minimum atomic E-state index is -0.203. The molecule has 1 aliphatic rings. The van der Waals surface area contributed by atoms with Crippen LogP contribution >= 0.6 is 11.6 Å². The first-order valence-electron chi connectivity index (χ1n) is 9.11. The van der Waals surface area contributed by atoms with Gasteiger partial charge in [-0.05, 0) is 32.9 Å². The Kier molecular flexibility index (Phi) is 7.37. The largest absolute Gasteiger partial charge is 0.347 e. The van der Waals surface area contributed by atoms with Gasteiger partial charge in [-0.3, -0.25) is 9.59 Å². The number of carbonyl (C=O) groups is 2. The van der Waals surface area contributed by atoms with Crippen LogP contribution in [0.5, 0.6) is 0 Å². The molecular weight excluding hydrogens is 354 g/mol. The number of anilines is 1. The first kappa shape index (κ1) is 20.6. The monoisotopic (exact) mass is 383 g/mol. The molecule has 8 heteroatoms. The Bertz CT molecular complexity index is 632. The highest BCUT2D eigenvalue weighted by atomic mass is 35.5. The highest BCUT2D eigenvalue weighted by Crippen LogP contribution is 2.16. The number of pyridine rings is 1. The number of aromatic nitrogens is 1. The third-order valence-electron chi connectivity index (χ3n) is 4.26. The fraction of sp³-hybridized carbons (Fsp3) is 0.611. The van der Waals surface area contributed by atoms with Gasteiger partial charge in [-0.25, -0.2) is 4.98 Å². The van der Waals surface area contributed by atoms with Crippen molar-refractivity contribution in [3.63, 3.8) is 0 Å². The van der Waals surface area contributed by atoms with Gasteiger partial charge in [0.1, 0.15) is 13.1 Å². The van der Waals surface area contributed by atoms with Crippen LogP contribution in [0.2, 0.25) is 5.15 Å². The van der Waals surface area contributed by atoms with E-state index in [4.69, 9.17) is 11.6 Å². The van der Waals surface area contributed by atoms with E-state index < -0.39 is 0 Å². The Morgan fingerprint density at radius 2 is 1.73 bits per heavy atom. The second kappa shape index (κ2) is 9.30. The van der Waals surface area contributed by atoms with Crippen molar-refractivity contribution in [2.24, 2.45) is 0 Å². The Hall–Kier alpha value is -1.70. The summed E-state index contributed by atoms with van der Waals surface area (Å²) in [6.07, 6.45) is 2.58. The number of halogens is 1. The van der Waals surface area contributed by atoms with Gasteiger partial charge in [-0.15, -0.1) is 0 Å². The Balaban J connectivity index is 1.78. The molecule has 2 atom stereocenters. The molecule has 2 amide bonds. The SMILES string of the molecule is CC(C)(C)NC(=O)C[NH+]1CCC[NH+](CC(=O)Nc2cccnc2Cl)CC1. The molecule has 0 aromatic carbocycles. The summed E-state index contributed by atoms with van der Waals surface area (Å²) >= 11 is 5.98. The van der Waals surface area contributed by atoms with Gasteiger partial charge in [-0.1, -0.05) is 11.6 Å². The number of hydrogen-bond donors (Lipinski definition) is 4. The minimum Gasteiger partial charge on any atom is -0.347 e. The predicted octanol–water partition coefficient (Wildman–Crippen LogP) is -1.24. The van der Waals surface area contributed by atoms with Gasteiger partial charge in [0.15, 0.2) is 18.2 Å². The van der Waals surface area contributed by atoms with Crippen LogP contribution in [0, 0.1) is 0 Å². The molecule has 144 valence electrons. The molecule has 0 saturated carbocycles. The van der Waals surface area contributed by atoms with Crippen molar-refractivity contribution >= 4 is 29.1 Å². The van der Waals surface area contributed by atoms with Crippen LogP contribution in [0.1, 0.15) is 27.2 Å². The van der Waals surface area contributed by atoms with Crippen molar-refractivity contribution in [3.05, 3.63) is 23.5 Å². The van der Waals surface area contributed by atoms with Crippen molar-refractivity contribution in [2.75, 3.05) is 44.6 Å². The lowest BCUT2D eigenvalue weighted by atomic mass is 10.1. The second-order valence-electron chi connectivity index (χ2n) is 7.90. The summed E-state index contributed by atoms with van der Waals surface area (Å²) in [5, 5.41) is 6.13. The molecular formula is C18H30ClN5O2+2. The van der Waals surface area contributed by atoms with Crippen molar-refractivity contribution in [1.82, 2.24) is 10.3 Å². The first-order valence-corrected chi connectivity index (χ1v) is 9.49. The standard InChI is InChI=1S/C18H28ClN5O2/c1-18(2,3)22-16(26)13-24-9-5-8-23(10-11-24)12-15(25)21-14-6-4-7-20-17(14)19/h4,6-7H,5,8-13H2,1-3H3,(H,21,25)(H,22,26)/p+2. The van der Waals surface area contributed by atoms with Gasteiger partial charge >= 0.3 is 0 Å². The molecule has 0 bridgehead atoms. The average Bonchev–Trinajstić information content (AvgIpc) is 2.73. The van der Waals surface area contributed by atoms with E-state index in [1.807, 2.05) is 20.8 Å². The molecule has 1 fully saturated rings. The maximum Gasteiger partial charge on any atom is 0.279 e. The van der Waals surface area contributed by atoms with Gasteiger partial charge < -0.3 is 20.4 Å². The van der Waals surface area contributed by atoms with Crippen molar-refractivity contribution in [1.29, 1.82) is 0 Å². The summed E-state index contributed by atoms with van der Waals surface area (Å²) < 4.78 is 0. The maximum atomic E-state index is 12.3. The van der Waals surface area contributed by atoms with Crippen LogP contribution in [-0.4, -0.2) is 61.6 Å². The van der Waals surface area contributed by atoms with Crippen LogP contribution < -0.4 is 20.4 Å². The van der Waals surface area contributed by atoms with Gasteiger partial charge in [0.25, 0.3) is 11.8 Å². The quantitative estimate of drug-likeness (QED) is 0.480. The summed E-state index contributed by atoms with van der Waals surface area (Å²) in [7, 11) is 0. The summed E-state index contributed by atoms with van der Waals surface area (Å²) in [5.74, 6) is 0.0174. The fourth-order valence-corrected chi connectivity index (χ4v) is 3.30. The molecule has 0 aliphatic carbocycles. The van der Waals surface area contributed by atoms with Crippen molar-refractivity contribution in [3.8, 4) is 0 Å². The summed E-state index contributed by atoms with van der Waals surface area (Å²) in [4.78, 5) is 30.8. The molecule has 0 spiro atoms. The molecule has 2 unspecified atom stereocenters. The maximum absolute atomic E-state index is 12.3. The van der Waals surface area contributed by atoms with Crippen LogP contribution in [0.25, 0.3) is 0 Å². The van der Waals surface area contributed by atoms with E-state index in [-0.39, 0.29) is 17.4 Å². The normalized spacial score (nSPS) is 20.9. The molecule has 1 aromatic rings. The lowest BCUT2D eigenvalue weighted by Crippen LogP contribution is -3.18. The molecule has 7 nitrogen and oxygen atoms in total. The second-order valence-corrected chi connectivity index (χ2v) is 8.25. The van der Waals surface area contributed by atoms with E-state index in [1.54, 1.807) is 18.3 Å². The number of nitrogens with one attached hydrogen (secondary N) is 4. The van der Waals surface area contributed by atoms with Crippen LogP contribution in [0.3, 0.4) is 0 Å². The zero-order valence-electron chi connectivity index (χ0n) is 15.8. The number of rotatable bonds is 5. The molecule has 1 aromatic heterocycles. The van der Waals surface area contributed by atoms with E-state index in [9.17, 15) is 9.59 Å². The number of nitrogens with zero attached hydrogens (tertiary/aromatic N) is 1. The third-order valence-corrected chi connectivity index (χ3v) is 4.56. The third kappa shape index (κ3) is 7.27. The van der Waals surface area contributed by atoms with Crippen LogP contribution in [0.4, 0.5) is 5.69 Å². The topological polar surface area (TPSA) is 80.0 Å². The smallest absolute Gasteiger partial charge is 0.279 e. The fourth-order valence-electron chi connectivity index (χ4n) is 3.14. The van der Waals surface area contributed by atoms with Gasteiger partial charge in [0.05, 0.1) is 18.8 Å². The lowest BCUT2D eigenvalue weighted by molar-refractivity contribution is -0.930. The van der Waals surface area contributed by atoms with Crippen LogP contribution in [0.15, 0.2) is 18.3 Å². The summed E-state index contributed by atoms with van der Waals surface area (Å²) in [6, 6.07) is 3.48. The molecule has 1 aliphatic heterocycles. The first-order chi connectivity index (χ1) is 12.2. The van der Waals surface area contributed by atoms with Gasteiger partial charge in [0, 0.05) is 18.2 Å². The zero-order valence-corrected chi connectivity index (χ0v) is 16.6. The molecule has 2 heterocycles. The minimum absolute atomic E-state index is 0.0659. The summed E-state index contributed by atoms with van der Waals surface area (Å²) in [6.45, 7) is 10.5. The number of quaternary nitrogens is 2. The molecule has 2 rings (SSSR count). The zero-order chi connectivity index (χ0) is 19.2. The predicted molar refractivity (Wildman–Crippen MR) is 102 cm³/mol. The highest BCUT2D eigenvalue weighted by molar-refractivity contribution is 6.32. The Morgan fingerprint density at radius 1 is 1.12 bits per heavy atom. The number of amides is 2. The van der Waals surface area contributed by atoms with Gasteiger partial charge in [0.2, 0.25) is 0 Å². The van der Waals surface area contributed by atoms with E-state index in [1.165, 1.54) is 9.80 Å². The highest BCUT2D eigenvalue weighted by Gasteiger charge is 2.25. The van der Waals surface area contributed by atoms with Crippen molar-refractivity contribution in [2.45, 2.75) is 32.7 Å². The Labute approximate surface area is 160 Å². The lowest BCUT2D eigenvalue weighted by Gasteiger charge is -2.22. The van der Waals surface area contributed by atoms with E-state index >= 15 is 0 Å². The number of hydrogen-bond acceptors (Lipinski definition) is 3. The Morgan fingerprint density at radius 3 is 2.31 bits per heavy atom. The molecule has 0 radical (unpaired) electrons. The van der Waals surface area contributed by atoms with Crippen LogP contribution in [-0.2, 0) is 9.59 Å². The number of carbonyl (C=O) groups excluding carboxylic acids is 2. The van der Waals surface area contributed by atoms with Gasteiger partial charge in [-0.2, -0.15) is 0 Å². The molecule has 4 N–H and O–H groups in total. The van der Waals surface area contributed by atoms with E-state index in [2.05, 4.69) is 15.6 Å². The van der Waals surface area contributed by atoms with E-state index in [0.29, 0.717) is 23.9 Å². The van der Waals surface area contributed by atoms with Crippen molar-refractivity contribution < 1.29 is 19.4 Å². The molecule has 1 saturated heterocycles.